The Hall–Kier alpha value is -1.06. The van der Waals surface area contributed by atoms with E-state index in [2.05, 4.69) is 5.32 Å². The van der Waals surface area contributed by atoms with Crippen LogP contribution in [-0.2, 0) is 4.79 Å². The number of amides is 1. The molecule has 3 N–H and O–H groups in total. The summed E-state index contributed by atoms with van der Waals surface area (Å²) >= 11 is 5.87. The molecule has 1 amide bonds. The molecule has 0 unspecified atom stereocenters. The van der Waals surface area contributed by atoms with Crippen LogP contribution in [0.5, 0.6) is 0 Å². The zero-order chi connectivity index (χ0) is 13.9. The molecule has 0 radical (unpaired) electrons. The first-order valence-corrected chi connectivity index (χ1v) is 7.22. The molecule has 2 rings (SSSR count). The quantitative estimate of drug-likeness (QED) is 0.891. The number of benzene rings is 1. The molecule has 19 heavy (non-hydrogen) atoms. The maximum absolute atomic E-state index is 12.4. The van der Waals surface area contributed by atoms with Crippen LogP contribution < -0.4 is 11.1 Å². The average molecular weight is 281 g/mol. The van der Waals surface area contributed by atoms with Crippen molar-refractivity contribution in [1.29, 1.82) is 0 Å². The van der Waals surface area contributed by atoms with Gasteiger partial charge in [-0.2, -0.15) is 0 Å². The Kier molecular flexibility index (Phi) is 4.48. The summed E-state index contributed by atoms with van der Waals surface area (Å²) in [6.07, 6.45) is 4.01. The molecule has 1 aliphatic rings. The van der Waals surface area contributed by atoms with Crippen molar-refractivity contribution in [3.05, 3.63) is 34.9 Å². The van der Waals surface area contributed by atoms with E-state index in [1.165, 1.54) is 0 Å². The molecule has 0 heterocycles. The van der Waals surface area contributed by atoms with Crippen molar-refractivity contribution in [1.82, 2.24) is 5.32 Å². The molecule has 0 aliphatic heterocycles. The molecule has 1 atom stereocenters. The maximum atomic E-state index is 12.4. The van der Waals surface area contributed by atoms with Crippen molar-refractivity contribution in [2.45, 2.75) is 38.6 Å². The molecular weight excluding hydrogens is 260 g/mol. The smallest absolute Gasteiger partial charge is 0.227 e. The fourth-order valence-electron chi connectivity index (χ4n) is 2.76. The van der Waals surface area contributed by atoms with Crippen LogP contribution in [0.2, 0.25) is 5.02 Å². The number of carbonyl (C=O) groups is 1. The van der Waals surface area contributed by atoms with E-state index in [0.717, 1.165) is 31.2 Å². The number of hydrogen-bond donors (Lipinski definition) is 2. The highest BCUT2D eigenvalue weighted by atomic mass is 35.5. The Balaban J connectivity index is 2.04. The monoisotopic (exact) mass is 280 g/mol. The van der Waals surface area contributed by atoms with Crippen LogP contribution in [0, 0.1) is 5.41 Å². The van der Waals surface area contributed by atoms with E-state index in [9.17, 15) is 4.79 Å². The fourth-order valence-corrected chi connectivity index (χ4v) is 2.89. The van der Waals surface area contributed by atoms with Gasteiger partial charge in [0, 0.05) is 11.6 Å². The first-order chi connectivity index (χ1) is 9.07. The summed E-state index contributed by atoms with van der Waals surface area (Å²) in [5.41, 5.74) is 6.54. The van der Waals surface area contributed by atoms with Crippen molar-refractivity contribution in [2.75, 3.05) is 6.54 Å². The van der Waals surface area contributed by atoms with Crippen molar-refractivity contribution >= 4 is 17.5 Å². The van der Waals surface area contributed by atoms with E-state index in [1.807, 2.05) is 31.2 Å². The highest BCUT2D eigenvalue weighted by molar-refractivity contribution is 6.30. The lowest BCUT2D eigenvalue weighted by Crippen LogP contribution is -2.44. The SMILES string of the molecule is C[C@H](NC(=O)C1(CN)CCCC1)c1ccc(Cl)cc1. The van der Waals surface area contributed by atoms with Crippen molar-refractivity contribution in [3.63, 3.8) is 0 Å². The second kappa shape index (κ2) is 5.93. The van der Waals surface area contributed by atoms with Crippen LogP contribution in [0.1, 0.15) is 44.2 Å². The number of rotatable bonds is 4. The first-order valence-electron chi connectivity index (χ1n) is 6.84. The molecule has 4 heteroatoms. The number of carbonyl (C=O) groups excluding carboxylic acids is 1. The Morgan fingerprint density at radius 3 is 2.47 bits per heavy atom. The van der Waals surface area contributed by atoms with E-state index in [4.69, 9.17) is 17.3 Å². The predicted molar refractivity (Wildman–Crippen MR) is 78.0 cm³/mol. The third kappa shape index (κ3) is 3.10. The van der Waals surface area contributed by atoms with E-state index in [-0.39, 0.29) is 17.4 Å². The lowest BCUT2D eigenvalue weighted by Gasteiger charge is -2.28. The summed E-state index contributed by atoms with van der Waals surface area (Å²) in [6, 6.07) is 7.55. The summed E-state index contributed by atoms with van der Waals surface area (Å²) in [6.45, 7) is 2.42. The minimum absolute atomic E-state index is 0.0196. The van der Waals surface area contributed by atoms with Crippen LogP contribution in [0.25, 0.3) is 0 Å². The topological polar surface area (TPSA) is 55.1 Å². The summed E-state index contributed by atoms with van der Waals surface area (Å²) in [7, 11) is 0. The van der Waals surface area contributed by atoms with Gasteiger partial charge in [0.25, 0.3) is 0 Å². The van der Waals surface area contributed by atoms with Gasteiger partial charge in [0.1, 0.15) is 0 Å². The summed E-state index contributed by atoms with van der Waals surface area (Å²) in [4.78, 5) is 12.4. The minimum atomic E-state index is -0.347. The van der Waals surface area contributed by atoms with Crippen LogP contribution >= 0.6 is 11.6 Å². The van der Waals surface area contributed by atoms with Gasteiger partial charge in [0.05, 0.1) is 11.5 Å². The van der Waals surface area contributed by atoms with Crippen molar-refractivity contribution in [3.8, 4) is 0 Å². The molecule has 0 aromatic heterocycles. The van der Waals surface area contributed by atoms with Crippen LogP contribution in [0.3, 0.4) is 0 Å². The minimum Gasteiger partial charge on any atom is -0.349 e. The van der Waals surface area contributed by atoms with Crippen LogP contribution in [0.15, 0.2) is 24.3 Å². The van der Waals surface area contributed by atoms with Crippen LogP contribution in [-0.4, -0.2) is 12.5 Å². The predicted octanol–water partition coefficient (Wildman–Crippen LogP) is 3.04. The molecule has 3 nitrogen and oxygen atoms in total. The van der Waals surface area contributed by atoms with E-state index in [0.29, 0.717) is 11.6 Å². The molecule has 1 aromatic carbocycles. The van der Waals surface area contributed by atoms with Gasteiger partial charge in [-0.1, -0.05) is 36.6 Å². The van der Waals surface area contributed by atoms with Gasteiger partial charge in [0.2, 0.25) is 5.91 Å². The number of nitrogens with one attached hydrogen (secondary N) is 1. The lowest BCUT2D eigenvalue weighted by atomic mass is 9.85. The Morgan fingerprint density at radius 1 is 1.37 bits per heavy atom. The number of halogens is 1. The van der Waals surface area contributed by atoms with Gasteiger partial charge in [-0.15, -0.1) is 0 Å². The van der Waals surface area contributed by atoms with Gasteiger partial charge in [-0.25, -0.2) is 0 Å². The molecule has 1 saturated carbocycles. The second-order valence-electron chi connectivity index (χ2n) is 5.44. The van der Waals surface area contributed by atoms with Crippen LogP contribution in [0.4, 0.5) is 0 Å². The molecule has 0 spiro atoms. The van der Waals surface area contributed by atoms with E-state index < -0.39 is 0 Å². The van der Waals surface area contributed by atoms with Gasteiger partial charge >= 0.3 is 0 Å². The average Bonchev–Trinajstić information content (AvgIpc) is 2.89. The molecule has 0 saturated heterocycles. The standard InChI is InChI=1S/C15H21ClN2O/c1-11(12-4-6-13(16)7-5-12)18-14(19)15(10-17)8-2-3-9-15/h4-7,11H,2-3,8-10,17H2,1H3,(H,18,19)/t11-/m0/s1. The zero-order valence-electron chi connectivity index (χ0n) is 11.3. The molecule has 1 aromatic rings. The first kappa shape index (κ1) is 14.4. The highest BCUT2D eigenvalue weighted by Gasteiger charge is 2.40. The maximum Gasteiger partial charge on any atom is 0.227 e. The summed E-state index contributed by atoms with van der Waals surface area (Å²) < 4.78 is 0. The Labute approximate surface area is 119 Å². The van der Waals surface area contributed by atoms with E-state index >= 15 is 0 Å². The Bertz CT molecular complexity index is 438. The van der Waals surface area contributed by atoms with Crippen molar-refractivity contribution in [2.24, 2.45) is 11.1 Å². The molecule has 104 valence electrons. The van der Waals surface area contributed by atoms with Crippen molar-refractivity contribution < 1.29 is 4.79 Å². The summed E-state index contributed by atoms with van der Waals surface area (Å²) in [5, 5.41) is 3.79. The molecule has 1 aliphatic carbocycles. The van der Waals surface area contributed by atoms with Gasteiger partial charge in [-0.3, -0.25) is 4.79 Å². The third-order valence-corrected chi connectivity index (χ3v) is 4.40. The normalized spacial score (nSPS) is 19.1. The van der Waals surface area contributed by atoms with Gasteiger partial charge in [-0.05, 0) is 37.5 Å². The second-order valence-corrected chi connectivity index (χ2v) is 5.87. The molecular formula is C15H21ClN2O. The Morgan fingerprint density at radius 2 is 1.95 bits per heavy atom. The van der Waals surface area contributed by atoms with Gasteiger partial charge < -0.3 is 11.1 Å². The number of hydrogen-bond acceptors (Lipinski definition) is 2. The lowest BCUT2D eigenvalue weighted by molar-refractivity contribution is -0.131. The molecule has 1 fully saturated rings. The zero-order valence-corrected chi connectivity index (χ0v) is 12.0. The van der Waals surface area contributed by atoms with Gasteiger partial charge in [0.15, 0.2) is 0 Å². The largest absolute Gasteiger partial charge is 0.349 e. The third-order valence-electron chi connectivity index (χ3n) is 4.15. The number of nitrogens with two attached hydrogens (primary N) is 1. The summed E-state index contributed by atoms with van der Waals surface area (Å²) in [5.74, 6) is 0.0925. The van der Waals surface area contributed by atoms with E-state index in [1.54, 1.807) is 0 Å². The fraction of sp³-hybridized carbons (Fsp3) is 0.533. The molecule has 0 bridgehead atoms. The highest BCUT2D eigenvalue weighted by Crippen LogP contribution is 2.37.